The number of nitrogens with one attached hydrogen (secondary N) is 1. The molecule has 2 amide bonds. The van der Waals surface area contributed by atoms with Crippen LogP contribution in [-0.4, -0.2) is 17.9 Å². The van der Waals surface area contributed by atoms with Crippen LogP contribution in [0.1, 0.15) is 30.8 Å². The lowest BCUT2D eigenvalue weighted by atomic mass is 10.0. The molecule has 3 N–H and O–H groups in total. The van der Waals surface area contributed by atoms with Crippen molar-refractivity contribution in [3.05, 3.63) is 24.2 Å². The molecule has 0 aliphatic rings. The minimum absolute atomic E-state index is 0.176. The van der Waals surface area contributed by atoms with Crippen molar-refractivity contribution < 1.29 is 14.0 Å². The maximum Gasteiger partial charge on any atom is 0.287 e. The summed E-state index contributed by atoms with van der Waals surface area (Å²) in [7, 11) is 0. The van der Waals surface area contributed by atoms with Crippen molar-refractivity contribution in [2.45, 2.75) is 26.3 Å². The third-order valence-corrected chi connectivity index (χ3v) is 2.10. The summed E-state index contributed by atoms with van der Waals surface area (Å²) in [6.07, 6.45) is 1.92. The highest BCUT2D eigenvalue weighted by atomic mass is 16.3. The molecule has 0 spiro atoms. The minimum Gasteiger partial charge on any atom is -0.459 e. The van der Waals surface area contributed by atoms with Crippen LogP contribution in [0, 0.1) is 5.92 Å². The Bertz CT molecular complexity index is 357. The summed E-state index contributed by atoms with van der Waals surface area (Å²) < 4.78 is 4.92. The predicted molar refractivity (Wildman–Crippen MR) is 58.6 cm³/mol. The lowest BCUT2D eigenvalue weighted by Gasteiger charge is -2.16. The summed E-state index contributed by atoms with van der Waals surface area (Å²) >= 11 is 0. The van der Waals surface area contributed by atoms with E-state index in [2.05, 4.69) is 5.32 Å². The van der Waals surface area contributed by atoms with Crippen LogP contribution < -0.4 is 11.1 Å². The Morgan fingerprint density at radius 1 is 1.50 bits per heavy atom. The second-order valence-electron chi connectivity index (χ2n) is 4.04. The average molecular weight is 224 g/mol. The molecule has 16 heavy (non-hydrogen) atoms. The SMILES string of the molecule is CC(C)C[C@H](NC(=O)c1ccco1)C(N)=O. The summed E-state index contributed by atoms with van der Waals surface area (Å²) in [4.78, 5) is 22.7. The summed E-state index contributed by atoms with van der Waals surface area (Å²) in [6.45, 7) is 3.91. The lowest BCUT2D eigenvalue weighted by Crippen LogP contribution is -2.45. The van der Waals surface area contributed by atoms with Crippen LogP contribution in [-0.2, 0) is 4.79 Å². The zero-order valence-corrected chi connectivity index (χ0v) is 9.40. The van der Waals surface area contributed by atoms with Crippen LogP contribution >= 0.6 is 0 Å². The van der Waals surface area contributed by atoms with E-state index < -0.39 is 17.9 Å². The lowest BCUT2D eigenvalue weighted by molar-refractivity contribution is -0.120. The molecular formula is C11H16N2O3. The Balaban J connectivity index is 2.62. The molecular weight excluding hydrogens is 208 g/mol. The largest absolute Gasteiger partial charge is 0.459 e. The first kappa shape index (κ1) is 12.3. The van der Waals surface area contributed by atoms with Gasteiger partial charge in [-0.05, 0) is 24.5 Å². The number of carbonyl (C=O) groups excluding carboxylic acids is 2. The third-order valence-electron chi connectivity index (χ3n) is 2.10. The normalized spacial score (nSPS) is 12.4. The van der Waals surface area contributed by atoms with Crippen LogP contribution in [0.5, 0.6) is 0 Å². The molecule has 0 saturated carbocycles. The average Bonchev–Trinajstić information content (AvgIpc) is 2.68. The van der Waals surface area contributed by atoms with Crippen LogP contribution in [0.15, 0.2) is 22.8 Å². The molecule has 0 aliphatic carbocycles. The summed E-state index contributed by atoms with van der Waals surface area (Å²) in [5, 5.41) is 2.54. The Morgan fingerprint density at radius 2 is 2.19 bits per heavy atom. The van der Waals surface area contributed by atoms with E-state index in [0.29, 0.717) is 6.42 Å². The Labute approximate surface area is 94.0 Å². The summed E-state index contributed by atoms with van der Waals surface area (Å²) in [5.41, 5.74) is 5.20. The number of carbonyl (C=O) groups is 2. The van der Waals surface area contributed by atoms with Crippen molar-refractivity contribution >= 4 is 11.8 Å². The first-order chi connectivity index (χ1) is 7.50. The zero-order valence-electron chi connectivity index (χ0n) is 9.40. The fourth-order valence-electron chi connectivity index (χ4n) is 1.35. The maximum absolute atomic E-state index is 11.6. The van der Waals surface area contributed by atoms with Gasteiger partial charge in [0, 0.05) is 0 Å². The van der Waals surface area contributed by atoms with Crippen molar-refractivity contribution in [1.29, 1.82) is 0 Å². The van der Waals surface area contributed by atoms with E-state index in [9.17, 15) is 9.59 Å². The van der Waals surface area contributed by atoms with Gasteiger partial charge in [-0.3, -0.25) is 9.59 Å². The molecule has 1 aromatic rings. The molecule has 0 radical (unpaired) electrons. The molecule has 5 heteroatoms. The number of nitrogens with two attached hydrogens (primary N) is 1. The highest BCUT2D eigenvalue weighted by Gasteiger charge is 2.20. The van der Waals surface area contributed by atoms with Crippen LogP contribution in [0.25, 0.3) is 0 Å². The molecule has 1 atom stereocenters. The molecule has 0 aromatic carbocycles. The van der Waals surface area contributed by atoms with E-state index >= 15 is 0 Å². The van der Waals surface area contributed by atoms with Crippen molar-refractivity contribution in [3.8, 4) is 0 Å². The number of hydrogen-bond donors (Lipinski definition) is 2. The zero-order chi connectivity index (χ0) is 12.1. The van der Waals surface area contributed by atoms with E-state index in [4.69, 9.17) is 10.2 Å². The summed E-state index contributed by atoms with van der Waals surface area (Å²) in [6, 6.07) is 2.48. The molecule has 5 nitrogen and oxygen atoms in total. The first-order valence-corrected chi connectivity index (χ1v) is 5.14. The van der Waals surface area contributed by atoms with Gasteiger partial charge in [0.1, 0.15) is 6.04 Å². The van der Waals surface area contributed by atoms with E-state index in [-0.39, 0.29) is 11.7 Å². The van der Waals surface area contributed by atoms with Crippen molar-refractivity contribution in [3.63, 3.8) is 0 Å². The highest BCUT2D eigenvalue weighted by molar-refractivity contribution is 5.95. The number of furan rings is 1. The molecule has 1 aromatic heterocycles. The van der Waals surface area contributed by atoms with Gasteiger partial charge in [0.25, 0.3) is 5.91 Å². The van der Waals surface area contributed by atoms with E-state index in [0.717, 1.165) is 0 Å². The van der Waals surface area contributed by atoms with Gasteiger partial charge in [-0.15, -0.1) is 0 Å². The van der Waals surface area contributed by atoms with Crippen molar-refractivity contribution in [2.75, 3.05) is 0 Å². The molecule has 1 heterocycles. The number of primary amides is 1. The summed E-state index contributed by atoms with van der Waals surface area (Å²) in [5.74, 6) is -0.507. The first-order valence-electron chi connectivity index (χ1n) is 5.14. The fraction of sp³-hybridized carbons (Fsp3) is 0.455. The van der Waals surface area contributed by atoms with Gasteiger partial charge in [0.05, 0.1) is 6.26 Å². The minimum atomic E-state index is -0.655. The van der Waals surface area contributed by atoms with Gasteiger partial charge >= 0.3 is 0 Å². The maximum atomic E-state index is 11.6. The quantitative estimate of drug-likeness (QED) is 0.779. The van der Waals surface area contributed by atoms with Crippen molar-refractivity contribution in [1.82, 2.24) is 5.32 Å². The topological polar surface area (TPSA) is 85.3 Å². The molecule has 0 bridgehead atoms. The van der Waals surface area contributed by atoms with Gasteiger partial charge < -0.3 is 15.5 Å². The fourth-order valence-corrected chi connectivity index (χ4v) is 1.35. The Kier molecular flexibility index (Phi) is 4.10. The second kappa shape index (κ2) is 5.34. The number of rotatable bonds is 5. The highest BCUT2D eigenvalue weighted by Crippen LogP contribution is 2.06. The standard InChI is InChI=1S/C11H16N2O3/c1-7(2)6-8(10(12)14)13-11(15)9-4-3-5-16-9/h3-5,7-8H,6H2,1-2H3,(H2,12,14)(H,13,15)/t8-/m0/s1. The van der Waals surface area contributed by atoms with E-state index in [1.807, 2.05) is 13.8 Å². The Morgan fingerprint density at radius 3 is 2.62 bits per heavy atom. The number of hydrogen-bond acceptors (Lipinski definition) is 3. The predicted octanol–water partition coefficient (Wildman–Crippen LogP) is 0.909. The van der Waals surface area contributed by atoms with Crippen LogP contribution in [0.4, 0.5) is 0 Å². The van der Waals surface area contributed by atoms with Gasteiger partial charge in [0.15, 0.2) is 5.76 Å². The van der Waals surface area contributed by atoms with Gasteiger partial charge in [-0.2, -0.15) is 0 Å². The van der Waals surface area contributed by atoms with Crippen LogP contribution in [0.2, 0.25) is 0 Å². The van der Waals surface area contributed by atoms with E-state index in [1.165, 1.54) is 12.3 Å². The molecule has 0 fully saturated rings. The van der Waals surface area contributed by atoms with Crippen molar-refractivity contribution in [2.24, 2.45) is 11.7 Å². The monoisotopic (exact) mass is 224 g/mol. The molecule has 1 rings (SSSR count). The number of amides is 2. The molecule has 0 unspecified atom stereocenters. The molecule has 0 saturated heterocycles. The van der Waals surface area contributed by atoms with Gasteiger partial charge in [-0.1, -0.05) is 13.8 Å². The smallest absolute Gasteiger partial charge is 0.287 e. The Hall–Kier alpha value is -1.78. The van der Waals surface area contributed by atoms with Crippen LogP contribution in [0.3, 0.4) is 0 Å². The third kappa shape index (κ3) is 3.42. The van der Waals surface area contributed by atoms with Gasteiger partial charge in [0.2, 0.25) is 5.91 Å². The molecule has 0 aliphatic heterocycles. The second-order valence-corrected chi connectivity index (χ2v) is 4.04. The van der Waals surface area contributed by atoms with E-state index in [1.54, 1.807) is 6.07 Å². The molecule has 88 valence electrons. The van der Waals surface area contributed by atoms with Gasteiger partial charge in [-0.25, -0.2) is 0 Å².